The second kappa shape index (κ2) is 5.69. The third kappa shape index (κ3) is 2.63. The van der Waals surface area contributed by atoms with Gasteiger partial charge in [0.25, 0.3) is 0 Å². The number of amides is 2. The summed E-state index contributed by atoms with van der Waals surface area (Å²) in [5.74, 6) is 1.56. The Bertz CT molecular complexity index is 713. The number of rotatable bonds is 2. The molecule has 0 aliphatic carbocycles. The molecule has 1 atom stereocenters. The van der Waals surface area contributed by atoms with Crippen LogP contribution in [0.2, 0.25) is 0 Å². The van der Waals surface area contributed by atoms with Crippen molar-refractivity contribution in [3.8, 4) is 11.5 Å². The Labute approximate surface area is 129 Å². The van der Waals surface area contributed by atoms with Crippen molar-refractivity contribution in [2.24, 2.45) is 0 Å². The number of urea groups is 1. The first-order valence-corrected chi connectivity index (χ1v) is 7.17. The number of benzene rings is 2. The van der Waals surface area contributed by atoms with Crippen LogP contribution in [0.4, 0.5) is 4.79 Å². The monoisotopic (exact) mass is 297 g/mol. The van der Waals surface area contributed by atoms with Gasteiger partial charge >= 0.3 is 6.03 Å². The van der Waals surface area contributed by atoms with Crippen LogP contribution in [-0.4, -0.2) is 25.1 Å². The van der Waals surface area contributed by atoms with Crippen LogP contribution in [0.15, 0.2) is 42.5 Å². The number of carbonyl (C=O) groups excluding carboxylic acids is 1. The maximum atomic E-state index is 12.1. The molecule has 0 saturated carbocycles. The van der Waals surface area contributed by atoms with E-state index < -0.39 is 0 Å². The molecule has 0 spiro atoms. The fourth-order valence-corrected chi connectivity index (χ4v) is 2.71. The number of ether oxygens (including phenoxy) is 1. The number of carbonyl (C=O) groups is 1. The third-order valence-electron chi connectivity index (χ3n) is 3.62. The minimum absolute atomic E-state index is 0.235. The standard InChI is InChI=1S/C17H19N3O2/c1-11-7-6-10-14-15(11)16(18-17(21)19-20(2)3)12-8-4-5-9-13(12)22-14/h4-10,16H,1-3H3,(H2,18,19,21). The number of aryl methyl sites for hydroxylation is 1. The van der Waals surface area contributed by atoms with E-state index in [0.29, 0.717) is 0 Å². The molecule has 5 nitrogen and oxygen atoms in total. The minimum atomic E-state index is -0.249. The number of hydrazine groups is 1. The highest BCUT2D eigenvalue weighted by Crippen LogP contribution is 2.43. The topological polar surface area (TPSA) is 53.6 Å². The largest absolute Gasteiger partial charge is 0.457 e. The lowest BCUT2D eigenvalue weighted by molar-refractivity contribution is 0.209. The zero-order chi connectivity index (χ0) is 15.7. The van der Waals surface area contributed by atoms with Gasteiger partial charge in [-0.15, -0.1) is 0 Å². The molecule has 2 amide bonds. The summed E-state index contributed by atoms with van der Waals surface area (Å²) in [5, 5.41) is 4.64. The van der Waals surface area contributed by atoms with Gasteiger partial charge < -0.3 is 10.1 Å². The summed E-state index contributed by atoms with van der Waals surface area (Å²) in [4.78, 5) is 12.1. The quantitative estimate of drug-likeness (QED) is 0.838. The molecule has 0 fully saturated rings. The van der Waals surface area contributed by atoms with Crippen LogP contribution in [0.1, 0.15) is 22.7 Å². The van der Waals surface area contributed by atoms with Gasteiger partial charge in [0, 0.05) is 25.2 Å². The summed E-state index contributed by atoms with van der Waals surface area (Å²) < 4.78 is 5.97. The molecule has 0 radical (unpaired) electrons. The minimum Gasteiger partial charge on any atom is -0.457 e. The van der Waals surface area contributed by atoms with Gasteiger partial charge in [0.15, 0.2) is 0 Å². The van der Waals surface area contributed by atoms with Gasteiger partial charge in [0.05, 0.1) is 6.04 Å². The smallest absolute Gasteiger partial charge is 0.330 e. The van der Waals surface area contributed by atoms with Crippen molar-refractivity contribution in [3.05, 3.63) is 59.2 Å². The molecule has 0 bridgehead atoms. The highest BCUT2D eigenvalue weighted by molar-refractivity contribution is 5.75. The zero-order valence-electron chi connectivity index (χ0n) is 12.9. The fraction of sp³-hybridized carbons (Fsp3) is 0.235. The van der Waals surface area contributed by atoms with E-state index in [1.807, 2.05) is 49.4 Å². The second-order valence-corrected chi connectivity index (χ2v) is 5.54. The van der Waals surface area contributed by atoms with Gasteiger partial charge in [-0.25, -0.2) is 9.80 Å². The van der Waals surface area contributed by atoms with Crippen LogP contribution in [0, 0.1) is 6.92 Å². The maximum absolute atomic E-state index is 12.1. The molecule has 1 aliphatic heterocycles. The first kappa shape index (κ1) is 14.4. The SMILES string of the molecule is Cc1cccc2c1C(NC(=O)NN(C)C)c1ccccc1O2. The Kier molecular flexibility index (Phi) is 3.73. The molecule has 2 aromatic rings. The summed E-state index contributed by atoms with van der Waals surface area (Å²) >= 11 is 0. The van der Waals surface area contributed by atoms with Gasteiger partial charge in [-0.3, -0.25) is 5.43 Å². The van der Waals surface area contributed by atoms with Crippen molar-refractivity contribution in [1.29, 1.82) is 0 Å². The molecule has 1 unspecified atom stereocenters. The van der Waals surface area contributed by atoms with Gasteiger partial charge in [0.2, 0.25) is 0 Å². The molecule has 1 aliphatic rings. The Balaban J connectivity index is 2.02. The van der Waals surface area contributed by atoms with E-state index in [-0.39, 0.29) is 12.1 Å². The molecule has 0 saturated heterocycles. The number of nitrogens with zero attached hydrogens (tertiary/aromatic N) is 1. The fourth-order valence-electron chi connectivity index (χ4n) is 2.71. The van der Waals surface area contributed by atoms with Gasteiger partial charge in [0.1, 0.15) is 11.5 Å². The number of para-hydroxylation sites is 1. The average Bonchev–Trinajstić information content (AvgIpc) is 2.46. The molecule has 114 valence electrons. The molecule has 22 heavy (non-hydrogen) atoms. The Morgan fingerprint density at radius 2 is 1.82 bits per heavy atom. The van der Waals surface area contributed by atoms with Crippen molar-refractivity contribution in [3.63, 3.8) is 0 Å². The third-order valence-corrected chi connectivity index (χ3v) is 3.62. The van der Waals surface area contributed by atoms with Crippen molar-refractivity contribution in [2.45, 2.75) is 13.0 Å². The zero-order valence-corrected chi connectivity index (χ0v) is 12.9. The van der Waals surface area contributed by atoms with Gasteiger partial charge in [-0.1, -0.05) is 30.3 Å². The van der Waals surface area contributed by atoms with Gasteiger partial charge in [-0.05, 0) is 24.6 Å². The molecule has 0 aromatic heterocycles. The molecular formula is C17H19N3O2. The summed E-state index contributed by atoms with van der Waals surface area (Å²) in [6.07, 6.45) is 0. The van der Waals surface area contributed by atoms with Crippen molar-refractivity contribution < 1.29 is 9.53 Å². The van der Waals surface area contributed by atoms with E-state index in [1.165, 1.54) is 0 Å². The second-order valence-electron chi connectivity index (χ2n) is 5.54. The van der Waals surface area contributed by atoms with Crippen molar-refractivity contribution >= 4 is 6.03 Å². The van der Waals surface area contributed by atoms with Crippen LogP contribution >= 0.6 is 0 Å². The van der Waals surface area contributed by atoms with Crippen molar-refractivity contribution in [2.75, 3.05) is 14.1 Å². The predicted molar refractivity (Wildman–Crippen MR) is 84.9 cm³/mol. The van der Waals surface area contributed by atoms with Crippen LogP contribution in [0.5, 0.6) is 11.5 Å². The van der Waals surface area contributed by atoms with E-state index in [1.54, 1.807) is 19.1 Å². The number of fused-ring (bicyclic) bond motifs is 2. The highest BCUT2D eigenvalue weighted by atomic mass is 16.5. The first-order chi connectivity index (χ1) is 10.6. The summed E-state index contributed by atoms with van der Waals surface area (Å²) in [6, 6.07) is 13.2. The van der Waals surface area contributed by atoms with Crippen LogP contribution in [-0.2, 0) is 0 Å². The van der Waals surface area contributed by atoms with E-state index in [4.69, 9.17) is 4.74 Å². The van der Waals surface area contributed by atoms with Crippen LogP contribution in [0.25, 0.3) is 0 Å². The van der Waals surface area contributed by atoms with Crippen LogP contribution in [0.3, 0.4) is 0 Å². The number of hydrogen-bond donors (Lipinski definition) is 2. The lowest BCUT2D eigenvalue weighted by atomic mass is 9.91. The average molecular weight is 297 g/mol. The van der Waals surface area contributed by atoms with E-state index in [9.17, 15) is 4.79 Å². The summed E-state index contributed by atoms with van der Waals surface area (Å²) in [5.41, 5.74) is 5.75. The Morgan fingerprint density at radius 1 is 1.09 bits per heavy atom. The van der Waals surface area contributed by atoms with Crippen LogP contribution < -0.4 is 15.5 Å². The molecule has 2 aromatic carbocycles. The number of hydrogen-bond acceptors (Lipinski definition) is 3. The first-order valence-electron chi connectivity index (χ1n) is 7.17. The lowest BCUT2D eigenvalue weighted by Gasteiger charge is -2.30. The normalized spacial score (nSPS) is 15.5. The predicted octanol–water partition coefficient (Wildman–Crippen LogP) is 2.97. The molecule has 2 N–H and O–H groups in total. The Morgan fingerprint density at radius 3 is 2.59 bits per heavy atom. The highest BCUT2D eigenvalue weighted by Gasteiger charge is 2.29. The molecule has 3 rings (SSSR count). The molecular weight excluding hydrogens is 278 g/mol. The van der Waals surface area contributed by atoms with E-state index >= 15 is 0 Å². The van der Waals surface area contributed by atoms with Gasteiger partial charge in [-0.2, -0.15) is 0 Å². The lowest BCUT2D eigenvalue weighted by Crippen LogP contribution is -2.45. The van der Waals surface area contributed by atoms with E-state index in [2.05, 4.69) is 10.7 Å². The van der Waals surface area contributed by atoms with E-state index in [0.717, 1.165) is 28.2 Å². The Hall–Kier alpha value is -2.53. The van der Waals surface area contributed by atoms with Crippen molar-refractivity contribution in [1.82, 2.24) is 15.8 Å². The summed E-state index contributed by atoms with van der Waals surface area (Å²) in [7, 11) is 3.55. The molecule has 5 heteroatoms. The molecule has 1 heterocycles. The maximum Gasteiger partial charge on any atom is 0.330 e. The number of nitrogens with one attached hydrogen (secondary N) is 2. The summed E-state index contributed by atoms with van der Waals surface area (Å²) in [6.45, 7) is 2.02.